The van der Waals surface area contributed by atoms with Crippen molar-refractivity contribution in [3.05, 3.63) is 33.9 Å². The van der Waals surface area contributed by atoms with E-state index in [9.17, 15) is 10.1 Å². The highest BCUT2D eigenvalue weighted by Crippen LogP contribution is 2.27. The summed E-state index contributed by atoms with van der Waals surface area (Å²) < 4.78 is 5.79. The minimum Gasteiger partial charge on any atom is -0.491 e. The first-order chi connectivity index (χ1) is 9.97. The lowest BCUT2D eigenvalue weighted by atomic mass is 10.1. The molecule has 0 spiro atoms. The van der Waals surface area contributed by atoms with Crippen molar-refractivity contribution in [2.45, 2.75) is 39.5 Å². The minimum absolute atomic E-state index is 0.0469. The van der Waals surface area contributed by atoms with Crippen LogP contribution in [0.1, 0.15) is 26.3 Å². The van der Waals surface area contributed by atoms with Gasteiger partial charge in [-0.1, -0.05) is 0 Å². The van der Waals surface area contributed by atoms with E-state index in [0.29, 0.717) is 12.6 Å². The van der Waals surface area contributed by atoms with Gasteiger partial charge >= 0.3 is 0 Å². The molecule has 1 saturated heterocycles. The Hall–Kier alpha value is -1.66. The lowest BCUT2D eigenvalue weighted by molar-refractivity contribution is -0.385. The van der Waals surface area contributed by atoms with E-state index in [-0.39, 0.29) is 16.7 Å². The smallest absolute Gasteiger partial charge is 0.270 e. The SMILES string of the molecule is CC(C)Oc1ccc([N+](=O)[O-])cc1CN1CCNC[C@@H]1C. The molecule has 0 saturated carbocycles. The molecule has 21 heavy (non-hydrogen) atoms. The van der Waals surface area contributed by atoms with Crippen molar-refractivity contribution in [2.75, 3.05) is 19.6 Å². The molecule has 0 aliphatic carbocycles. The highest BCUT2D eigenvalue weighted by atomic mass is 16.6. The molecule has 1 atom stereocenters. The Morgan fingerprint density at radius 2 is 2.29 bits per heavy atom. The van der Waals surface area contributed by atoms with Crippen LogP contribution in [0.2, 0.25) is 0 Å². The Kier molecular flexibility index (Phi) is 5.14. The summed E-state index contributed by atoms with van der Waals surface area (Å²) in [6.07, 6.45) is 0.0469. The Bertz CT molecular complexity index is 505. The predicted molar refractivity (Wildman–Crippen MR) is 81.6 cm³/mol. The average molecular weight is 293 g/mol. The Labute approximate surface area is 125 Å². The molecule has 6 nitrogen and oxygen atoms in total. The summed E-state index contributed by atoms with van der Waals surface area (Å²) >= 11 is 0. The third-order valence-corrected chi connectivity index (χ3v) is 3.63. The number of nitrogens with zero attached hydrogens (tertiary/aromatic N) is 2. The van der Waals surface area contributed by atoms with Crippen LogP contribution in [-0.2, 0) is 6.54 Å². The molecule has 0 bridgehead atoms. The van der Waals surface area contributed by atoms with Gasteiger partial charge in [-0.25, -0.2) is 0 Å². The summed E-state index contributed by atoms with van der Waals surface area (Å²) in [6, 6.07) is 5.25. The van der Waals surface area contributed by atoms with Gasteiger partial charge in [0.05, 0.1) is 11.0 Å². The first-order valence-electron chi connectivity index (χ1n) is 7.36. The van der Waals surface area contributed by atoms with Crippen LogP contribution in [-0.4, -0.2) is 41.6 Å². The topological polar surface area (TPSA) is 67.6 Å². The molecule has 1 aliphatic heterocycles. The highest BCUT2D eigenvalue weighted by Gasteiger charge is 2.21. The predicted octanol–water partition coefficient (Wildman–Crippen LogP) is 2.18. The van der Waals surface area contributed by atoms with Crippen molar-refractivity contribution in [3.63, 3.8) is 0 Å². The third kappa shape index (κ3) is 4.15. The number of hydrogen-bond acceptors (Lipinski definition) is 5. The summed E-state index contributed by atoms with van der Waals surface area (Å²) in [5.41, 5.74) is 0.996. The largest absolute Gasteiger partial charge is 0.491 e. The first kappa shape index (κ1) is 15.7. The average Bonchev–Trinajstić information content (AvgIpc) is 2.42. The van der Waals surface area contributed by atoms with Crippen LogP contribution < -0.4 is 10.1 Å². The third-order valence-electron chi connectivity index (χ3n) is 3.63. The molecule has 1 aromatic carbocycles. The fourth-order valence-electron chi connectivity index (χ4n) is 2.51. The van der Waals surface area contributed by atoms with Gasteiger partial charge in [0.15, 0.2) is 0 Å². The van der Waals surface area contributed by atoms with E-state index in [1.807, 2.05) is 13.8 Å². The molecule has 6 heteroatoms. The number of nitrogens with one attached hydrogen (secondary N) is 1. The summed E-state index contributed by atoms with van der Waals surface area (Å²) in [5.74, 6) is 0.737. The fourth-order valence-corrected chi connectivity index (χ4v) is 2.51. The number of nitro benzene ring substituents is 1. The summed E-state index contributed by atoms with van der Waals surface area (Å²) in [6.45, 7) is 9.57. The lowest BCUT2D eigenvalue weighted by Gasteiger charge is -2.34. The van der Waals surface area contributed by atoms with E-state index in [0.717, 1.165) is 30.9 Å². The molecular weight excluding hydrogens is 270 g/mol. The summed E-state index contributed by atoms with van der Waals surface area (Å²) in [5, 5.41) is 14.3. The van der Waals surface area contributed by atoms with Crippen LogP contribution in [0.5, 0.6) is 5.75 Å². The fraction of sp³-hybridized carbons (Fsp3) is 0.600. The number of non-ortho nitro benzene ring substituents is 1. The van der Waals surface area contributed by atoms with Crippen LogP contribution in [0.25, 0.3) is 0 Å². The van der Waals surface area contributed by atoms with E-state index < -0.39 is 0 Å². The molecule has 116 valence electrons. The van der Waals surface area contributed by atoms with E-state index in [4.69, 9.17) is 4.74 Å². The molecule has 0 radical (unpaired) electrons. The van der Waals surface area contributed by atoms with Gasteiger partial charge in [0.25, 0.3) is 5.69 Å². The van der Waals surface area contributed by atoms with Gasteiger partial charge in [0.2, 0.25) is 0 Å². The number of rotatable bonds is 5. The Balaban J connectivity index is 2.24. The van der Waals surface area contributed by atoms with E-state index in [1.54, 1.807) is 12.1 Å². The molecule has 1 aromatic rings. The Morgan fingerprint density at radius 3 is 2.90 bits per heavy atom. The second-order valence-corrected chi connectivity index (χ2v) is 5.74. The van der Waals surface area contributed by atoms with Crippen LogP contribution in [0, 0.1) is 10.1 Å². The van der Waals surface area contributed by atoms with Crippen molar-refractivity contribution in [1.29, 1.82) is 0 Å². The standard InChI is InChI=1S/C15H23N3O3/c1-11(2)21-15-5-4-14(18(19)20)8-13(15)10-17-7-6-16-9-12(17)3/h4-5,8,11-12,16H,6-7,9-10H2,1-3H3/t12-/m0/s1. The number of benzene rings is 1. The normalized spacial score (nSPS) is 19.7. The summed E-state index contributed by atoms with van der Waals surface area (Å²) in [4.78, 5) is 12.9. The Morgan fingerprint density at radius 1 is 1.52 bits per heavy atom. The van der Waals surface area contributed by atoms with Crippen LogP contribution >= 0.6 is 0 Å². The lowest BCUT2D eigenvalue weighted by Crippen LogP contribution is -2.49. The van der Waals surface area contributed by atoms with Crippen LogP contribution in [0.15, 0.2) is 18.2 Å². The van der Waals surface area contributed by atoms with Crippen LogP contribution in [0.3, 0.4) is 0 Å². The van der Waals surface area contributed by atoms with Crippen molar-refractivity contribution in [1.82, 2.24) is 10.2 Å². The minimum atomic E-state index is -0.357. The zero-order valence-corrected chi connectivity index (χ0v) is 12.8. The van der Waals surface area contributed by atoms with Crippen molar-refractivity contribution in [3.8, 4) is 5.75 Å². The molecule has 0 amide bonds. The number of ether oxygens (including phenoxy) is 1. The maximum atomic E-state index is 11.0. The number of piperazine rings is 1. The summed E-state index contributed by atoms with van der Waals surface area (Å²) in [7, 11) is 0. The molecule has 0 unspecified atom stereocenters. The molecule has 2 rings (SSSR count). The molecule has 1 fully saturated rings. The second-order valence-electron chi connectivity index (χ2n) is 5.74. The van der Waals surface area contributed by atoms with Gasteiger partial charge in [-0.2, -0.15) is 0 Å². The van der Waals surface area contributed by atoms with E-state index in [2.05, 4.69) is 17.1 Å². The molecular formula is C15H23N3O3. The second kappa shape index (κ2) is 6.87. The van der Waals surface area contributed by atoms with Gasteiger partial charge in [0, 0.05) is 49.9 Å². The molecule has 0 aromatic heterocycles. The van der Waals surface area contributed by atoms with Gasteiger partial charge in [0.1, 0.15) is 5.75 Å². The van der Waals surface area contributed by atoms with Gasteiger partial charge < -0.3 is 10.1 Å². The van der Waals surface area contributed by atoms with E-state index in [1.165, 1.54) is 6.07 Å². The number of hydrogen-bond donors (Lipinski definition) is 1. The van der Waals surface area contributed by atoms with Crippen molar-refractivity contribution < 1.29 is 9.66 Å². The number of nitro groups is 1. The maximum absolute atomic E-state index is 11.0. The first-order valence-corrected chi connectivity index (χ1v) is 7.36. The molecule has 1 aliphatic rings. The van der Waals surface area contributed by atoms with Gasteiger partial charge in [-0.05, 0) is 26.8 Å². The highest BCUT2D eigenvalue weighted by molar-refractivity contribution is 5.44. The van der Waals surface area contributed by atoms with Crippen molar-refractivity contribution in [2.24, 2.45) is 0 Å². The monoisotopic (exact) mass is 293 g/mol. The zero-order valence-electron chi connectivity index (χ0n) is 12.8. The van der Waals surface area contributed by atoms with Gasteiger partial charge in [-0.15, -0.1) is 0 Å². The van der Waals surface area contributed by atoms with Gasteiger partial charge in [-0.3, -0.25) is 15.0 Å². The zero-order chi connectivity index (χ0) is 15.4. The van der Waals surface area contributed by atoms with E-state index >= 15 is 0 Å². The van der Waals surface area contributed by atoms with Crippen LogP contribution in [0.4, 0.5) is 5.69 Å². The molecule has 1 heterocycles. The molecule has 1 N–H and O–H groups in total. The quantitative estimate of drug-likeness (QED) is 0.665. The maximum Gasteiger partial charge on any atom is 0.270 e. The van der Waals surface area contributed by atoms with Crippen molar-refractivity contribution >= 4 is 5.69 Å².